The molecule has 0 amide bonds. The third kappa shape index (κ3) is 3.37. The number of rotatable bonds is 3. The second kappa shape index (κ2) is 5.76. The normalized spacial score (nSPS) is 28.1. The van der Waals surface area contributed by atoms with E-state index in [1.165, 1.54) is 0 Å². The monoisotopic (exact) mass is 332 g/mol. The molecule has 1 aromatic heterocycles. The lowest BCUT2D eigenvalue weighted by molar-refractivity contribution is -0.0708. The summed E-state index contributed by atoms with van der Waals surface area (Å²) in [5.41, 5.74) is 0.990. The topological polar surface area (TPSA) is 34.2 Å². The Morgan fingerprint density at radius 1 is 1.67 bits per heavy atom. The number of pyridine rings is 1. The average molecular weight is 334 g/mol. The lowest BCUT2D eigenvalue weighted by Gasteiger charge is -2.38. The Balaban J connectivity index is 2.02. The van der Waals surface area contributed by atoms with E-state index in [4.69, 9.17) is 16.3 Å². The van der Waals surface area contributed by atoms with Gasteiger partial charge in [-0.2, -0.15) is 0 Å². The molecule has 1 aliphatic rings. The molecule has 1 N–H and O–H groups in total. The third-order valence-electron chi connectivity index (χ3n) is 3.51. The maximum atomic E-state index is 5.89. The molecule has 0 spiro atoms. The number of hydrogen-bond donors (Lipinski definition) is 1. The van der Waals surface area contributed by atoms with Gasteiger partial charge in [0.2, 0.25) is 0 Å². The van der Waals surface area contributed by atoms with Gasteiger partial charge in [0.15, 0.2) is 0 Å². The lowest BCUT2D eigenvalue weighted by Crippen LogP contribution is -2.41. The van der Waals surface area contributed by atoms with Gasteiger partial charge in [-0.25, -0.2) is 4.98 Å². The van der Waals surface area contributed by atoms with Crippen molar-refractivity contribution in [3.63, 3.8) is 0 Å². The maximum absolute atomic E-state index is 5.89. The molecule has 0 bridgehead atoms. The third-order valence-corrected chi connectivity index (χ3v) is 4.64. The summed E-state index contributed by atoms with van der Waals surface area (Å²) in [5.74, 6) is 0. The highest BCUT2D eigenvalue weighted by molar-refractivity contribution is 9.10. The number of anilines is 1. The number of ether oxygens (including phenoxy) is 1. The fourth-order valence-corrected chi connectivity index (χ4v) is 2.69. The van der Waals surface area contributed by atoms with Gasteiger partial charge in [0, 0.05) is 12.6 Å². The van der Waals surface area contributed by atoms with Crippen LogP contribution in [0.5, 0.6) is 0 Å². The van der Waals surface area contributed by atoms with Gasteiger partial charge >= 0.3 is 0 Å². The molecule has 2 rings (SSSR count). The largest absolute Gasteiger partial charge is 0.381 e. The van der Waals surface area contributed by atoms with Crippen molar-refractivity contribution in [2.45, 2.75) is 44.8 Å². The molecule has 1 aromatic rings. The summed E-state index contributed by atoms with van der Waals surface area (Å²) >= 11 is 9.27. The van der Waals surface area contributed by atoms with Crippen LogP contribution in [0.15, 0.2) is 16.7 Å². The number of halogens is 2. The summed E-state index contributed by atoms with van der Waals surface area (Å²) in [6, 6.07) is 2.40. The first kappa shape index (κ1) is 14.1. The number of hydrogen-bond acceptors (Lipinski definition) is 3. The van der Waals surface area contributed by atoms with Crippen LogP contribution in [0.3, 0.4) is 0 Å². The van der Waals surface area contributed by atoms with Crippen molar-refractivity contribution < 1.29 is 4.74 Å². The molecule has 2 unspecified atom stereocenters. The Bertz CT molecular complexity index is 429. The van der Waals surface area contributed by atoms with Crippen molar-refractivity contribution in [1.29, 1.82) is 0 Å². The Morgan fingerprint density at radius 2 is 2.44 bits per heavy atom. The smallest absolute Gasteiger partial charge is 0.143 e. The Kier molecular flexibility index (Phi) is 4.51. The molecule has 0 aromatic carbocycles. The van der Waals surface area contributed by atoms with Crippen LogP contribution in [0, 0.1) is 0 Å². The van der Waals surface area contributed by atoms with E-state index < -0.39 is 0 Å². The predicted molar refractivity (Wildman–Crippen MR) is 78.2 cm³/mol. The van der Waals surface area contributed by atoms with Gasteiger partial charge < -0.3 is 10.1 Å². The van der Waals surface area contributed by atoms with Gasteiger partial charge in [0.25, 0.3) is 0 Å². The molecular weight excluding hydrogens is 316 g/mol. The van der Waals surface area contributed by atoms with Crippen LogP contribution in [-0.4, -0.2) is 23.2 Å². The summed E-state index contributed by atoms with van der Waals surface area (Å²) < 4.78 is 6.66. The van der Waals surface area contributed by atoms with E-state index in [1.54, 1.807) is 6.20 Å². The highest BCUT2D eigenvalue weighted by Crippen LogP contribution is 2.30. The summed E-state index contributed by atoms with van der Waals surface area (Å²) in [4.78, 5) is 4.13. The van der Waals surface area contributed by atoms with Crippen LogP contribution in [0.25, 0.3) is 0 Å². The Labute approximate surface area is 121 Å². The first-order valence-corrected chi connectivity index (χ1v) is 7.41. The van der Waals surface area contributed by atoms with E-state index in [9.17, 15) is 0 Å². The van der Waals surface area contributed by atoms with E-state index in [0.717, 1.165) is 36.0 Å². The molecule has 100 valence electrons. The van der Waals surface area contributed by atoms with Crippen molar-refractivity contribution in [3.8, 4) is 0 Å². The second-order valence-corrected chi connectivity index (χ2v) is 6.19. The first-order valence-electron chi connectivity index (χ1n) is 6.24. The quantitative estimate of drug-likeness (QED) is 0.839. The van der Waals surface area contributed by atoms with Crippen LogP contribution in [-0.2, 0) is 4.74 Å². The second-order valence-electron chi connectivity index (χ2n) is 4.98. The average Bonchev–Trinajstić information content (AvgIpc) is 2.34. The van der Waals surface area contributed by atoms with Crippen LogP contribution in [0.4, 0.5) is 5.69 Å². The Morgan fingerprint density at radius 3 is 3.11 bits per heavy atom. The predicted octanol–water partition coefficient (Wildman–Crippen LogP) is 4.26. The minimum Gasteiger partial charge on any atom is -0.381 e. The molecule has 18 heavy (non-hydrogen) atoms. The minimum absolute atomic E-state index is 0.00694. The number of nitrogens with zero attached hydrogens (tertiary/aromatic N) is 1. The molecule has 2 heterocycles. The van der Waals surface area contributed by atoms with E-state index in [2.05, 4.69) is 40.1 Å². The van der Waals surface area contributed by atoms with Gasteiger partial charge in [-0.1, -0.05) is 18.5 Å². The summed E-state index contributed by atoms with van der Waals surface area (Å²) in [6.45, 7) is 5.16. The lowest BCUT2D eigenvalue weighted by atomic mass is 9.90. The van der Waals surface area contributed by atoms with E-state index >= 15 is 0 Å². The van der Waals surface area contributed by atoms with E-state index in [0.29, 0.717) is 11.2 Å². The standard InChI is InChI=1S/C13H18BrClN2O/c1-3-13(2)7-9(4-5-18-13)17-10-6-11(14)12(15)16-8-10/h6,8-9,17H,3-5,7H2,1-2H3. The van der Waals surface area contributed by atoms with Crippen molar-refractivity contribution in [2.75, 3.05) is 11.9 Å². The van der Waals surface area contributed by atoms with Gasteiger partial charge in [0.05, 0.1) is 22.0 Å². The van der Waals surface area contributed by atoms with Gasteiger partial charge in [-0.15, -0.1) is 0 Å². The minimum atomic E-state index is -0.00694. The van der Waals surface area contributed by atoms with E-state index in [-0.39, 0.29) is 5.60 Å². The molecule has 2 atom stereocenters. The number of aromatic nitrogens is 1. The fraction of sp³-hybridized carbons (Fsp3) is 0.615. The first-order chi connectivity index (χ1) is 8.52. The molecule has 1 saturated heterocycles. The zero-order valence-corrected chi connectivity index (χ0v) is 13.0. The van der Waals surface area contributed by atoms with Crippen molar-refractivity contribution in [3.05, 3.63) is 21.9 Å². The highest BCUT2D eigenvalue weighted by atomic mass is 79.9. The summed E-state index contributed by atoms with van der Waals surface area (Å²) in [7, 11) is 0. The summed E-state index contributed by atoms with van der Waals surface area (Å²) in [6.07, 6.45) is 4.85. The fourth-order valence-electron chi connectivity index (χ4n) is 2.24. The van der Waals surface area contributed by atoms with Crippen LogP contribution in [0.1, 0.15) is 33.1 Å². The zero-order chi connectivity index (χ0) is 13.2. The molecule has 0 radical (unpaired) electrons. The van der Waals surface area contributed by atoms with Crippen LogP contribution >= 0.6 is 27.5 Å². The SMILES string of the molecule is CCC1(C)CC(Nc2cnc(Cl)c(Br)c2)CCO1. The molecule has 0 aliphatic carbocycles. The van der Waals surface area contributed by atoms with Crippen molar-refractivity contribution in [2.24, 2.45) is 0 Å². The van der Waals surface area contributed by atoms with Crippen LogP contribution in [0.2, 0.25) is 5.15 Å². The van der Waals surface area contributed by atoms with Crippen molar-refractivity contribution in [1.82, 2.24) is 4.98 Å². The maximum Gasteiger partial charge on any atom is 0.143 e. The molecule has 0 saturated carbocycles. The van der Waals surface area contributed by atoms with Gasteiger partial charge in [0.1, 0.15) is 5.15 Å². The Hall–Kier alpha value is -0.320. The molecule has 1 aliphatic heterocycles. The molecule has 3 nitrogen and oxygen atoms in total. The summed E-state index contributed by atoms with van der Waals surface area (Å²) in [5, 5.41) is 4.00. The van der Waals surface area contributed by atoms with Gasteiger partial charge in [-0.3, -0.25) is 0 Å². The molecular formula is C13H18BrClN2O. The number of nitrogens with one attached hydrogen (secondary N) is 1. The molecule has 1 fully saturated rings. The van der Waals surface area contributed by atoms with E-state index in [1.807, 2.05) is 6.07 Å². The van der Waals surface area contributed by atoms with Crippen molar-refractivity contribution >= 4 is 33.2 Å². The van der Waals surface area contributed by atoms with Gasteiger partial charge in [-0.05, 0) is 48.2 Å². The molecule has 5 heteroatoms. The van der Waals surface area contributed by atoms with Crippen LogP contribution < -0.4 is 5.32 Å². The highest BCUT2D eigenvalue weighted by Gasteiger charge is 2.31. The zero-order valence-electron chi connectivity index (χ0n) is 10.7.